The van der Waals surface area contributed by atoms with E-state index in [0.717, 1.165) is 17.7 Å². The number of nitrogens with one attached hydrogen (secondary N) is 1. The number of fused-ring (bicyclic) bond motifs is 2. The van der Waals surface area contributed by atoms with E-state index in [0.29, 0.717) is 19.8 Å². The predicted octanol–water partition coefficient (Wildman–Crippen LogP) is 1.69. The molecule has 0 spiro atoms. The summed E-state index contributed by atoms with van der Waals surface area (Å²) in [5, 5.41) is 11.2. The first kappa shape index (κ1) is 14.7. The number of rotatable bonds is 1. The average Bonchev–Trinajstić information content (AvgIpc) is 2.99. The number of nitrogens with zero attached hydrogens (tertiary/aromatic N) is 3. The molecule has 2 atom stereocenters. The third kappa shape index (κ3) is 3.51. The average molecular weight is 300 g/mol. The Morgan fingerprint density at radius 2 is 2.14 bits per heavy atom. The molecule has 1 aromatic carbocycles. The van der Waals surface area contributed by atoms with Crippen molar-refractivity contribution < 1.29 is 9.53 Å². The lowest BCUT2D eigenvalue weighted by atomic mass is 10.0. The van der Waals surface area contributed by atoms with Gasteiger partial charge in [-0.1, -0.05) is 42.5 Å². The van der Waals surface area contributed by atoms with Crippen molar-refractivity contribution in [1.29, 1.82) is 0 Å². The minimum Gasteiger partial charge on any atom is -0.373 e. The summed E-state index contributed by atoms with van der Waals surface area (Å²) in [6.45, 7) is 3.42. The second kappa shape index (κ2) is 6.70. The summed E-state index contributed by atoms with van der Waals surface area (Å²) in [6.07, 6.45) is 2.61. The zero-order chi connectivity index (χ0) is 15.4. The highest BCUT2D eigenvalue weighted by Gasteiger charge is 2.20. The zero-order valence-corrected chi connectivity index (χ0v) is 12.6. The van der Waals surface area contributed by atoms with Gasteiger partial charge >= 0.3 is 0 Å². The lowest BCUT2D eigenvalue weighted by Crippen LogP contribution is -2.35. The summed E-state index contributed by atoms with van der Waals surface area (Å²) in [6, 6.07) is 9.75. The van der Waals surface area contributed by atoms with Gasteiger partial charge in [0.25, 0.3) is 0 Å². The number of hydrogen-bond acceptors (Lipinski definition) is 4. The van der Waals surface area contributed by atoms with Crippen LogP contribution in [0.1, 0.15) is 30.6 Å². The molecule has 2 bridgehead atoms. The monoisotopic (exact) mass is 300 g/mol. The van der Waals surface area contributed by atoms with E-state index in [1.54, 1.807) is 4.68 Å². The van der Waals surface area contributed by atoms with Gasteiger partial charge in [0.15, 0.2) is 0 Å². The second-order valence-electron chi connectivity index (χ2n) is 5.65. The van der Waals surface area contributed by atoms with Gasteiger partial charge in [0, 0.05) is 12.5 Å². The Labute approximate surface area is 129 Å². The number of carbonyl (C=O) groups is 1. The van der Waals surface area contributed by atoms with E-state index in [1.807, 2.05) is 43.5 Å². The number of hydrogen-bond donors (Lipinski definition) is 1. The first-order valence-corrected chi connectivity index (χ1v) is 7.54. The molecule has 0 radical (unpaired) electrons. The van der Waals surface area contributed by atoms with Crippen molar-refractivity contribution in [3.05, 3.63) is 47.8 Å². The topological polar surface area (TPSA) is 69.0 Å². The normalized spacial score (nSPS) is 23.2. The molecule has 1 aliphatic heterocycles. The van der Waals surface area contributed by atoms with Crippen LogP contribution in [0.15, 0.2) is 36.5 Å². The number of carbonyl (C=O) groups excluding carboxylic acids is 1. The van der Waals surface area contributed by atoms with Gasteiger partial charge in [0.1, 0.15) is 5.69 Å². The molecule has 2 heterocycles. The Kier molecular flexibility index (Phi) is 4.48. The Hall–Kier alpha value is -2.21. The van der Waals surface area contributed by atoms with Crippen molar-refractivity contribution in [2.75, 3.05) is 6.61 Å². The number of benzene rings is 1. The number of ether oxygens (including phenoxy) is 1. The molecule has 1 aliphatic rings. The molecule has 0 unspecified atom stereocenters. The van der Waals surface area contributed by atoms with Crippen LogP contribution < -0.4 is 5.32 Å². The fraction of sp³-hybridized carbons (Fsp3) is 0.438. The number of amides is 1. The summed E-state index contributed by atoms with van der Waals surface area (Å²) >= 11 is 0. The van der Waals surface area contributed by atoms with Gasteiger partial charge in [-0.15, -0.1) is 5.10 Å². The molecule has 1 aromatic heterocycles. The second-order valence-corrected chi connectivity index (χ2v) is 5.65. The lowest BCUT2D eigenvalue weighted by molar-refractivity contribution is -0.126. The van der Waals surface area contributed by atoms with E-state index < -0.39 is 0 Å². The minimum absolute atomic E-state index is 0.0402. The van der Waals surface area contributed by atoms with E-state index in [2.05, 4.69) is 15.6 Å². The molecule has 2 aromatic rings. The van der Waals surface area contributed by atoms with Crippen LogP contribution in [-0.2, 0) is 22.7 Å². The smallest absolute Gasteiger partial charge is 0.223 e. The summed E-state index contributed by atoms with van der Waals surface area (Å²) in [5.74, 6) is -0.0448. The lowest BCUT2D eigenvalue weighted by Gasteiger charge is -2.22. The van der Waals surface area contributed by atoms with Gasteiger partial charge in [-0.25, -0.2) is 0 Å². The highest BCUT2D eigenvalue weighted by atomic mass is 16.5. The van der Waals surface area contributed by atoms with Crippen molar-refractivity contribution in [2.24, 2.45) is 5.92 Å². The van der Waals surface area contributed by atoms with Crippen LogP contribution in [0.4, 0.5) is 0 Å². The van der Waals surface area contributed by atoms with Crippen LogP contribution in [0.25, 0.3) is 0 Å². The predicted molar refractivity (Wildman–Crippen MR) is 80.8 cm³/mol. The SMILES string of the molecule is C[C@@H]1CCn2cc(nn2)COC[C@H](c2ccccc2)NC1=O. The van der Waals surface area contributed by atoms with Crippen molar-refractivity contribution >= 4 is 5.91 Å². The number of aromatic nitrogens is 3. The molecule has 116 valence electrons. The molecule has 1 N–H and O–H groups in total. The molecule has 0 saturated carbocycles. The Morgan fingerprint density at radius 1 is 1.32 bits per heavy atom. The molecule has 0 aliphatic carbocycles. The quantitative estimate of drug-likeness (QED) is 0.870. The highest BCUT2D eigenvalue weighted by molar-refractivity contribution is 5.78. The molecule has 0 saturated heterocycles. The van der Waals surface area contributed by atoms with Crippen LogP contribution >= 0.6 is 0 Å². The van der Waals surface area contributed by atoms with Crippen LogP contribution in [0, 0.1) is 5.92 Å². The zero-order valence-electron chi connectivity index (χ0n) is 12.6. The van der Waals surface area contributed by atoms with Gasteiger partial charge in [-0.05, 0) is 12.0 Å². The summed E-state index contributed by atoms with van der Waals surface area (Å²) in [5.41, 5.74) is 1.86. The maximum Gasteiger partial charge on any atom is 0.223 e. The van der Waals surface area contributed by atoms with Crippen LogP contribution in [0.2, 0.25) is 0 Å². The van der Waals surface area contributed by atoms with Crippen molar-refractivity contribution in [3.63, 3.8) is 0 Å². The Balaban J connectivity index is 1.80. The summed E-state index contributed by atoms with van der Waals surface area (Å²) in [4.78, 5) is 12.4. The molecule has 22 heavy (non-hydrogen) atoms. The summed E-state index contributed by atoms with van der Waals surface area (Å²) in [7, 11) is 0. The van der Waals surface area contributed by atoms with Crippen LogP contribution in [-0.4, -0.2) is 27.5 Å². The van der Waals surface area contributed by atoms with Gasteiger partial charge in [0.05, 0.1) is 25.5 Å². The molecule has 3 rings (SSSR count). The fourth-order valence-corrected chi connectivity index (χ4v) is 2.47. The highest BCUT2D eigenvalue weighted by Crippen LogP contribution is 2.16. The third-order valence-corrected chi connectivity index (χ3v) is 3.88. The molecular weight excluding hydrogens is 280 g/mol. The van der Waals surface area contributed by atoms with E-state index in [-0.39, 0.29) is 17.9 Å². The first-order chi connectivity index (χ1) is 10.7. The third-order valence-electron chi connectivity index (χ3n) is 3.88. The first-order valence-electron chi connectivity index (χ1n) is 7.54. The van der Waals surface area contributed by atoms with Gasteiger partial charge < -0.3 is 10.1 Å². The van der Waals surface area contributed by atoms with Gasteiger partial charge in [0.2, 0.25) is 5.91 Å². The molecule has 6 heteroatoms. The fourth-order valence-electron chi connectivity index (χ4n) is 2.47. The van der Waals surface area contributed by atoms with Crippen molar-refractivity contribution in [1.82, 2.24) is 20.3 Å². The van der Waals surface area contributed by atoms with E-state index >= 15 is 0 Å². The molecule has 1 amide bonds. The van der Waals surface area contributed by atoms with E-state index in [1.165, 1.54) is 0 Å². The van der Waals surface area contributed by atoms with Crippen molar-refractivity contribution in [2.45, 2.75) is 32.5 Å². The molecular formula is C16H20N4O2. The standard InChI is InChI=1S/C16H20N4O2/c1-12-7-8-20-9-14(18-19-20)10-22-11-15(17-16(12)21)13-5-3-2-4-6-13/h2-6,9,12,15H,7-8,10-11H2,1H3,(H,17,21)/t12-,15-/m1/s1. The molecule has 0 fully saturated rings. The Morgan fingerprint density at radius 3 is 2.95 bits per heavy atom. The van der Waals surface area contributed by atoms with Gasteiger partial charge in [-0.3, -0.25) is 9.48 Å². The molecule has 6 nitrogen and oxygen atoms in total. The number of aryl methyl sites for hydroxylation is 1. The van der Waals surface area contributed by atoms with E-state index in [4.69, 9.17) is 4.74 Å². The largest absolute Gasteiger partial charge is 0.373 e. The minimum atomic E-state index is -0.148. The van der Waals surface area contributed by atoms with Gasteiger partial charge in [-0.2, -0.15) is 0 Å². The van der Waals surface area contributed by atoms with E-state index in [9.17, 15) is 4.79 Å². The summed E-state index contributed by atoms with van der Waals surface area (Å²) < 4.78 is 7.49. The van der Waals surface area contributed by atoms with Crippen LogP contribution in [0.3, 0.4) is 0 Å². The maximum absolute atomic E-state index is 12.4. The maximum atomic E-state index is 12.4. The van der Waals surface area contributed by atoms with Crippen LogP contribution in [0.5, 0.6) is 0 Å². The van der Waals surface area contributed by atoms with Crippen molar-refractivity contribution in [3.8, 4) is 0 Å². The Bertz CT molecular complexity index is 626.